The van der Waals surface area contributed by atoms with Gasteiger partial charge in [-0.05, 0) is 30.7 Å². The summed E-state index contributed by atoms with van der Waals surface area (Å²) in [5.74, 6) is -0.318. The molecule has 2 aromatic rings. The molecule has 0 saturated carbocycles. The Hall–Kier alpha value is -2.74. The SMILES string of the molecule is Cc1cc(C(=O)N2CCOCC2)n(CC(=O)NCc2ccncc2)n1. The molecule has 2 amide bonds. The molecule has 3 heterocycles. The predicted octanol–water partition coefficient (Wildman–Crippen LogP) is 0.375. The first kappa shape index (κ1) is 17.1. The molecule has 1 aliphatic rings. The summed E-state index contributed by atoms with van der Waals surface area (Å²) < 4.78 is 6.74. The smallest absolute Gasteiger partial charge is 0.272 e. The zero-order chi connectivity index (χ0) is 17.6. The zero-order valence-electron chi connectivity index (χ0n) is 14.1. The number of hydrogen-bond acceptors (Lipinski definition) is 5. The fourth-order valence-electron chi connectivity index (χ4n) is 2.66. The van der Waals surface area contributed by atoms with E-state index in [0.29, 0.717) is 44.2 Å². The number of carbonyl (C=O) groups excluding carboxylic acids is 2. The van der Waals surface area contributed by atoms with Crippen molar-refractivity contribution in [2.45, 2.75) is 20.0 Å². The number of ether oxygens (including phenoxy) is 1. The third-order valence-electron chi connectivity index (χ3n) is 3.95. The van der Waals surface area contributed by atoms with E-state index in [-0.39, 0.29) is 18.4 Å². The van der Waals surface area contributed by atoms with Crippen LogP contribution in [-0.4, -0.2) is 57.8 Å². The van der Waals surface area contributed by atoms with Gasteiger partial charge in [-0.3, -0.25) is 19.3 Å². The Morgan fingerprint density at radius 1 is 1.24 bits per heavy atom. The minimum absolute atomic E-state index is 0.00430. The molecule has 132 valence electrons. The Morgan fingerprint density at radius 2 is 1.96 bits per heavy atom. The van der Waals surface area contributed by atoms with E-state index in [2.05, 4.69) is 15.4 Å². The van der Waals surface area contributed by atoms with Crippen LogP contribution in [0.5, 0.6) is 0 Å². The Kier molecular flexibility index (Phi) is 5.39. The molecule has 0 atom stereocenters. The minimum atomic E-state index is -0.198. The van der Waals surface area contributed by atoms with Gasteiger partial charge in [-0.25, -0.2) is 0 Å². The van der Waals surface area contributed by atoms with Crippen LogP contribution in [0.25, 0.3) is 0 Å². The van der Waals surface area contributed by atoms with E-state index in [1.165, 1.54) is 4.68 Å². The highest BCUT2D eigenvalue weighted by Gasteiger charge is 2.23. The average molecular weight is 343 g/mol. The van der Waals surface area contributed by atoms with Crippen LogP contribution in [-0.2, 0) is 22.6 Å². The second-order valence-corrected chi connectivity index (χ2v) is 5.87. The Morgan fingerprint density at radius 3 is 2.68 bits per heavy atom. The molecule has 0 bridgehead atoms. The average Bonchev–Trinajstić information content (AvgIpc) is 3.01. The van der Waals surface area contributed by atoms with E-state index in [0.717, 1.165) is 5.56 Å². The Labute approximate surface area is 145 Å². The van der Waals surface area contributed by atoms with Gasteiger partial charge in [0.15, 0.2) is 0 Å². The largest absolute Gasteiger partial charge is 0.378 e. The topological polar surface area (TPSA) is 89.4 Å². The second-order valence-electron chi connectivity index (χ2n) is 5.87. The van der Waals surface area contributed by atoms with Gasteiger partial charge in [0.2, 0.25) is 5.91 Å². The number of aromatic nitrogens is 3. The maximum atomic E-state index is 12.7. The summed E-state index contributed by atoms with van der Waals surface area (Å²) in [6.07, 6.45) is 3.36. The summed E-state index contributed by atoms with van der Waals surface area (Å²) in [7, 11) is 0. The monoisotopic (exact) mass is 343 g/mol. The van der Waals surface area contributed by atoms with Crippen molar-refractivity contribution < 1.29 is 14.3 Å². The van der Waals surface area contributed by atoms with Gasteiger partial charge in [0.05, 0.1) is 18.9 Å². The van der Waals surface area contributed by atoms with Crippen LogP contribution < -0.4 is 5.32 Å². The molecule has 1 aliphatic heterocycles. The van der Waals surface area contributed by atoms with Gasteiger partial charge in [-0.1, -0.05) is 0 Å². The highest BCUT2D eigenvalue weighted by molar-refractivity contribution is 5.93. The molecule has 8 heteroatoms. The molecule has 1 N–H and O–H groups in total. The first-order chi connectivity index (χ1) is 12.1. The first-order valence-electron chi connectivity index (χ1n) is 8.20. The molecule has 3 rings (SSSR count). The molecule has 1 fully saturated rings. The summed E-state index contributed by atoms with van der Waals surface area (Å²) in [5, 5.41) is 7.12. The number of hydrogen-bond donors (Lipinski definition) is 1. The minimum Gasteiger partial charge on any atom is -0.378 e. The molecule has 2 aromatic heterocycles. The molecular formula is C17H21N5O3. The summed E-state index contributed by atoms with van der Waals surface area (Å²) in [6.45, 7) is 4.39. The zero-order valence-corrected chi connectivity index (χ0v) is 14.1. The molecular weight excluding hydrogens is 322 g/mol. The quantitative estimate of drug-likeness (QED) is 0.847. The number of pyridine rings is 1. The number of rotatable bonds is 5. The van der Waals surface area contributed by atoms with Gasteiger partial charge in [0.1, 0.15) is 12.2 Å². The van der Waals surface area contributed by atoms with Crippen molar-refractivity contribution in [1.29, 1.82) is 0 Å². The van der Waals surface area contributed by atoms with E-state index in [1.54, 1.807) is 23.4 Å². The normalized spacial score (nSPS) is 14.4. The third kappa shape index (κ3) is 4.42. The lowest BCUT2D eigenvalue weighted by Gasteiger charge is -2.26. The fourth-order valence-corrected chi connectivity index (χ4v) is 2.66. The van der Waals surface area contributed by atoms with Crippen molar-refractivity contribution in [2.24, 2.45) is 0 Å². The van der Waals surface area contributed by atoms with Gasteiger partial charge in [0, 0.05) is 32.0 Å². The van der Waals surface area contributed by atoms with Crippen molar-refractivity contribution >= 4 is 11.8 Å². The first-order valence-corrected chi connectivity index (χ1v) is 8.20. The summed E-state index contributed by atoms with van der Waals surface area (Å²) in [5.41, 5.74) is 2.10. The number of nitrogens with one attached hydrogen (secondary N) is 1. The highest BCUT2D eigenvalue weighted by atomic mass is 16.5. The molecule has 25 heavy (non-hydrogen) atoms. The molecule has 0 aliphatic carbocycles. The van der Waals surface area contributed by atoms with Gasteiger partial charge in [0.25, 0.3) is 5.91 Å². The lowest BCUT2D eigenvalue weighted by Crippen LogP contribution is -2.42. The lowest BCUT2D eigenvalue weighted by atomic mass is 10.2. The van der Waals surface area contributed by atoms with Crippen molar-refractivity contribution in [3.8, 4) is 0 Å². The highest BCUT2D eigenvalue weighted by Crippen LogP contribution is 2.10. The van der Waals surface area contributed by atoms with E-state index in [9.17, 15) is 9.59 Å². The molecule has 1 saturated heterocycles. The summed E-state index contributed by atoms with van der Waals surface area (Å²) >= 11 is 0. The van der Waals surface area contributed by atoms with Crippen LogP contribution in [0.15, 0.2) is 30.6 Å². The van der Waals surface area contributed by atoms with Gasteiger partial charge < -0.3 is 15.0 Å². The number of carbonyl (C=O) groups is 2. The lowest BCUT2D eigenvalue weighted by molar-refractivity contribution is -0.122. The molecule has 0 aromatic carbocycles. The van der Waals surface area contributed by atoms with Gasteiger partial charge >= 0.3 is 0 Å². The van der Waals surface area contributed by atoms with Crippen molar-refractivity contribution in [3.05, 3.63) is 47.5 Å². The summed E-state index contributed by atoms with van der Waals surface area (Å²) in [4.78, 5) is 30.5. The summed E-state index contributed by atoms with van der Waals surface area (Å²) in [6, 6.07) is 5.39. The molecule has 0 spiro atoms. The Bertz CT molecular complexity index is 738. The fraction of sp³-hybridized carbons (Fsp3) is 0.412. The van der Waals surface area contributed by atoms with Gasteiger partial charge in [-0.15, -0.1) is 0 Å². The van der Waals surface area contributed by atoms with Crippen molar-refractivity contribution in [3.63, 3.8) is 0 Å². The van der Waals surface area contributed by atoms with Crippen molar-refractivity contribution in [1.82, 2.24) is 25.0 Å². The van der Waals surface area contributed by atoms with Crippen LogP contribution in [0.4, 0.5) is 0 Å². The van der Waals surface area contributed by atoms with Crippen LogP contribution in [0.2, 0.25) is 0 Å². The third-order valence-corrected chi connectivity index (χ3v) is 3.95. The second kappa shape index (κ2) is 7.89. The van der Waals surface area contributed by atoms with E-state index in [1.807, 2.05) is 19.1 Å². The van der Waals surface area contributed by atoms with Crippen LogP contribution in [0.3, 0.4) is 0 Å². The maximum absolute atomic E-state index is 12.7. The van der Waals surface area contributed by atoms with E-state index in [4.69, 9.17) is 4.74 Å². The Balaban J connectivity index is 1.63. The van der Waals surface area contributed by atoms with Crippen LogP contribution in [0.1, 0.15) is 21.7 Å². The number of amides is 2. The molecule has 0 unspecified atom stereocenters. The van der Waals surface area contributed by atoms with E-state index >= 15 is 0 Å². The number of nitrogens with zero attached hydrogens (tertiary/aromatic N) is 4. The van der Waals surface area contributed by atoms with Crippen LogP contribution in [0, 0.1) is 6.92 Å². The van der Waals surface area contributed by atoms with Gasteiger partial charge in [-0.2, -0.15) is 5.10 Å². The maximum Gasteiger partial charge on any atom is 0.272 e. The standard InChI is InChI=1S/C17H21N5O3/c1-13-10-15(17(24)21-6-8-25-9-7-21)22(20-13)12-16(23)19-11-14-2-4-18-5-3-14/h2-5,10H,6-9,11-12H2,1H3,(H,19,23). The van der Waals surface area contributed by atoms with Crippen LogP contribution >= 0.6 is 0 Å². The van der Waals surface area contributed by atoms with Crippen molar-refractivity contribution in [2.75, 3.05) is 26.3 Å². The predicted molar refractivity (Wildman–Crippen MR) is 89.8 cm³/mol. The number of aryl methyl sites for hydroxylation is 1. The van der Waals surface area contributed by atoms with E-state index < -0.39 is 0 Å². The molecule has 0 radical (unpaired) electrons. The number of morpholine rings is 1. The molecule has 8 nitrogen and oxygen atoms in total.